The largest absolute Gasteiger partial charge is 0.545 e. The second-order valence-electron chi connectivity index (χ2n) is 3.48. The van der Waals surface area contributed by atoms with E-state index in [1.165, 1.54) is 12.1 Å². The van der Waals surface area contributed by atoms with E-state index in [4.69, 9.17) is 28.6 Å². The van der Waals surface area contributed by atoms with E-state index in [9.17, 15) is 9.90 Å². The molecule has 1 aromatic rings. The number of nitrogens with one attached hydrogen (secondary N) is 3. The van der Waals surface area contributed by atoms with Gasteiger partial charge in [-0.15, -0.1) is 0 Å². The molecule has 0 aromatic heterocycles. The number of halogens is 1. The van der Waals surface area contributed by atoms with Gasteiger partial charge in [0.05, 0.1) is 18.3 Å². The number of carboxylic acids is 1. The first kappa shape index (κ1) is 15.5. The summed E-state index contributed by atoms with van der Waals surface area (Å²) in [7, 11) is 1.59. The molecule has 0 spiro atoms. The van der Waals surface area contributed by atoms with E-state index >= 15 is 0 Å². The summed E-state index contributed by atoms with van der Waals surface area (Å²) in [6.45, 7) is 1.09. The van der Waals surface area contributed by atoms with Crippen LogP contribution in [-0.2, 0) is 4.74 Å². The number of carboxylic acid groups (broad SMARTS) is 1. The number of thiocarbonyl (C=S) groups is 1. The van der Waals surface area contributed by atoms with Gasteiger partial charge in [0.2, 0.25) is 0 Å². The summed E-state index contributed by atoms with van der Waals surface area (Å²) in [5.74, 6) is -1.34. The number of hydrogen-bond acceptors (Lipinski definition) is 5. The maximum Gasteiger partial charge on any atom is 0.185 e. The van der Waals surface area contributed by atoms with Crippen LogP contribution in [0.1, 0.15) is 10.4 Å². The molecule has 0 saturated carbocycles. The fraction of sp³-hybridized carbons (Fsp3) is 0.273. The molecule has 0 unspecified atom stereocenters. The van der Waals surface area contributed by atoms with Crippen molar-refractivity contribution in [3.8, 4) is 0 Å². The highest BCUT2D eigenvalue weighted by Crippen LogP contribution is 2.19. The Labute approximate surface area is 121 Å². The Morgan fingerprint density at radius 2 is 2.26 bits per heavy atom. The lowest BCUT2D eigenvalue weighted by molar-refractivity contribution is -0.255. The average Bonchev–Trinajstić information content (AvgIpc) is 2.37. The molecule has 3 N–H and O–H groups in total. The third-order valence-electron chi connectivity index (χ3n) is 2.10. The van der Waals surface area contributed by atoms with Crippen LogP contribution in [0.2, 0.25) is 5.02 Å². The van der Waals surface area contributed by atoms with Gasteiger partial charge >= 0.3 is 0 Å². The predicted octanol–water partition coefficient (Wildman–Crippen LogP) is 0.141. The van der Waals surface area contributed by atoms with Crippen LogP contribution >= 0.6 is 23.8 Å². The quantitative estimate of drug-likeness (QED) is 0.391. The zero-order valence-electron chi connectivity index (χ0n) is 10.2. The van der Waals surface area contributed by atoms with Gasteiger partial charge in [0, 0.05) is 24.2 Å². The first-order valence-corrected chi connectivity index (χ1v) is 6.13. The Bertz CT molecular complexity index is 470. The third kappa shape index (κ3) is 5.29. The molecule has 0 fully saturated rings. The Kier molecular flexibility index (Phi) is 6.34. The Morgan fingerprint density at radius 1 is 1.53 bits per heavy atom. The van der Waals surface area contributed by atoms with Gasteiger partial charge in [0.15, 0.2) is 5.11 Å². The summed E-state index contributed by atoms with van der Waals surface area (Å²) >= 11 is 10.7. The predicted molar refractivity (Wildman–Crippen MR) is 75.0 cm³/mol. The van der Waals surface area contributed by atoms with Crippen LogP contribution in [0.15, 0.2) is 18.2 Å². The van der Waals surface area contributed by atoms with Gasteiger partial charge in [-0.1, -0.05) is 11.6 Å². The molecule has 0 amide bonds. The van der Waals surface area contributed by atoms with Crippen molar-refractivity contribution >= 4 is 40.6 Å². The third-order valence-corrected chi connectivity index (χ3v) is 2.67. The van der Waals surface area contributed by atoms with Crippen LogP contribution < -0.4 is 21.3 Å². The summed E-state index contributed by atoms with van der Waals surface area (Å²) in [6, 6.07) is 4.42. The topological polar surface area (TPSA) is 85.5 Å². The Balaban J connectivity index is 2.51. The highest BCUT2D eigenvalue weighted by Gasteiger charge is 2.03. The average molecular weight is 303 g/mol. The van der Waals surface area contributed by atoms with Crippen LogP contribution in [0, 0.1) is 0 Å². The van der Waals surface area contributed by atoms with E-state index in [0.717, 1.165) is 0 Å². The zero-order chi connectivity index (χ0) is 14.3. The number of hydrogen-bond donors (Lipinski definition) is 3. The van der Waals surface area contributed by atoms with E-state index in [2.05, 4.69) is 16.2 Å². The fourth-order valence-corrected chi connectivity index (χ4v) is 1.55. The Hall–Kier alpha value is -1.57. The lowest BCUT2D eigenvalue weighted by Crippen LogP contribution is -2.40. The molecule has 1 aromatic carbocycles. The first-order chi connectivity index (χ1) is 9.04. The normalized spacial score (nSPS) is 9.79. The highest BCUT2D eigenvalue weighted by atomic mass is 35.5. The van der Waals surface area contributed by atoms with Crippen molar-refractivity contribution in [1.82, 2.24) is 10.7 Å². The van der Waals surface area contributed by atoms with Gasteiger partial charge in [-0.25, -0.2) is 0 Å². The minimum absolute atomic E-state index is 0.0910. The Morgan fingerprint density at radius 3 is 2.89 bits per heavy atom. The van der Waals surface area contributed by atoms with Crippen LogP contribution in [-0.4, -0.2) is 31.3 Å². The molecule has 104 valence electrons. The maximum atomic E-state index is 10.8. The van der Waals surface area contributed by atoms with E-state index in [1.54, 1.807) is 13.2 Å². The zero-order valence-corrected chi connectivity index (χ0v) is 11.7. The van der Waals surface area contributed by atoms with Gasteiger partial charge < -0.3 is 20.0 Å². The molecule has 0 aliphatic carbocycles. The molecule has 8 heteroatoms. The molecule has 0 heterocycles. The van der Waals surface area contributed by atoms with Crippen LogP contribution in [0.4, 0.5) is 5.69 Å². The monoisotopic (exact) mass is 302 g/mol. The van der Waals surface area contributed by atoms with Crippen molar-refractivity contribution in [2.75, 3.05) is 25.7 Å². The lowest BCUT2D eigenvalue weighted by atomic mass is 10.2. The second kappa shape index (κ2) is 7.78. The van der Waals surface area contributed by atoms with Crippen molar-refractivity contribution < 1.29 is 14.6 Å². The van der Waals surface area contributed by atoms with Crippen molar-refractivity contribution in [2.45, 2.75) is 0 Å². The minimum atomic E-state index is -1.34. The maximum absolute atomic E-state index is 10.8. The van der Waals surface area contributed by atoms with Gasteiger partial charge in [0.1, 0.15) is 0 Å². The first-order valence-electron chi connectivity index (χ1n) is 5.34. The van der Waals surface area contributed by atoms with Gasteiger partial charge in [0.25, 0.3) is 0 Å². The molecule has 0 aliphatic rings. The van der Waals surface area contributed by atoms with E-state index in [-0.39, 0.29) is 10.6 Å². The molecule has 19 heavy (non-hydrogen) atoms. The molecular formula is C11H13ClN3O3S-. The molecule has 0 aliphatic heterocycles. The van der Waals surface area contributed by atoms with E-state index in [1.807, 2.05) is 0 Å². The van der Waals surface area contributed by atoms with Crippen LogP contribution in [0.25, 0.3) is 0 Å². The van der Waals surface area contributed by atoms with Crippen LogP contribution in [0.5, 0.6) is 0 Å². The van der Waals surface area contributed by atoms with E-state index in [0.29, 0.717) is 24.0 Å². The number of hydrazine groups is 1. The lowest BCUT2D eigenvalue weighted by Gasteiger charge is -2.14. The fourth-order valence-electron chi connectivity index (χ4n) is 1.20. The van der Waals surface area contributed by atoms with Crippen molar-refractivity contribution in [1.29, 1.82) is 0 Å². The van der Waals surface area contributed by atoms with Gasteiger partial charge in [-0.2, -0.15) is 0 Å². The molecule has 0 bridgehead atoms. The second-order valence-corrected chi connectivity index (χ2v) is 4.30. The van der Waals surface area contributed by atoms with E-state index < -0.39 is 5.97 Å². The SMILES string of the molecule is COCCNC(=S)NNc1ccc(Cl)c(C(=O)[O-])c1. The van der Waals surface area contributed by atoms with Crippen molar-refractivity contribution in [2.24, 2.45) is 0 Å². The molecular weight excluding hydrogens is 290 g/mol. The molecule has 0 atom stereocenters. The summed E-state index contributed by atoms with van der Waals surface area (Å²) in [4.78, 5) is 10.8. The van der Waals surface area contributed by atoms with Crippen molar-refractivity contribution in [3.05, 3.63) is 28.8 Å². The molecule has 6 nitrogen and oxygen atoms in total. The number of ether oxygens (including phenoxy) is 1. The number of rotatable bonds is 6. The number of aromatic carboxylic acids is 1. The van der Waals surface area contributed by atoms with Gasteiger partial charge in [-0.3, -0.25) is 10.9 Å². The van der Waals surface area contributed by atoms with Crippen LogP contribution in [0.3, 0.4) is 0 Å². The van der Waals surface area contributed by atoms with Crippen molar-refractivity contribution in [3.63, 3.8) is 0 Å². The molecule has 0 radical (unpaired) electrons. The smallest absolute Gasteiger partial charge is 0.185 e. The minimum Gasteiger partial charge on any atom is -0.545 e. The number of anilines is 1. The highest BCUT2D eigenvalue weighted by molar-refractivity contribution is 7.80. The molecule has 1 rings (SSSR count). The number of benzene rings is 1. The summed E-state index contributed by atoms with van der Waals surface area (Å²) in [5, 5.41) is 14.2. The van der Waals surface area contributed by atoms with Gasteiger partial charge in [-0.05, 0) is 30.4 Å². The number of carbonyl (C=O) groups excluding carboxylic acids is 1. The standard InChI is InChI=1S/C11H14ClN3O3S/c1-18-5-4-13-11(19)15-14-7-2-3-9(12)8(6-7)10(16)17/h2-3,6,14H,4-5H2,1H3,(H,16,17)(H2,13,15,19)/p-1. The summed E-state index contributed by atoms with van der Waals surface area (Å²) in [6.07, 6.45) is 0. The number of carbonyl (C=O) groups is 1. The number of methoxy groups -OCH3 is 1. The molecule has 0 saturated heterocycles. The summed E-state index contributed by atoms with van der Waals surface area (Å²) in [5.41, 5.74) is 5.86. The summed E-state index contributed by atoms with van der Waals surface area (Å²) < 4.78 is 4.85.